The highest BCUT2D eigenvalue weighted by Crippen LogP contribution is 2.23. The topological polar surface area (TPSA) is 126 Å². The van der Waals surface area contributed by atoms with Crippen molar-refractivity contribution in [2.24, 2.45) is 7.05 Å². The normalized spacial score (nSPS) is 12.2. The molecule has 0 saturated heterocycles. The standard InChI is InChI=1S/C18H22N6O3S/c1-24-14-6-4-3-5-11(14)20-16(24)12(9-10-28-2)19-15(25)8-7-13-17(26)21-18(27)23-22-13/h3-6,12H,7-10H2,1-2H3,(H,19,25)(H2,21,23,26,27). The van der Waals surface area contributed by atoms with Gasteiger partial charge in [0.15, 0.2) is 0 Å². The fraction of sp³-hybridized carbons (Fsp3) is 0.389. The first kappa shape index (κ1) is 19.9. The van der Waals surface area contributed by atoms with Gasteiger partial charge in [0.05, 0.1) is 17.1 Å². The second-order valence-electron chi connectivity index (χ2n) is 6.37. The van der Waals surface area contributed by atoms with E-state index >= 15 is 0 Å². The van der Waals surface area contributed by atoms with Gasteiger partial charge in [0, 0.05) is 19.9 Å². The first-order valence-electron chi connectivity index (χ1n) is 8.87. The number of para-hydroxylation sites is 2. The summed E-state index contributed by atoms with van der Waals surface area (Å²) >= 11 is 1.70. The van der Waals surface area contributed by atoms with Crippen LogP contribution in [0.1, 0.15) is 30.4 Å². The summed E-state index contributed by atoms with van der Waals surface area (Å²) in [6, 6.07) is 7.59. The highest BCUT2D eigenvalue weighted by atomic mass is 32.2. The van der Waals surface area contributed by atoms with Gasteiger partial charge in [-0.05, 0) is 30.6 Å². The van der Waals surface area contributed by atoms with Crippen molar-refractivity contribution < 1.29 is 4.79 Å². The zero-order valence-electron chi connectivity index (χ0n) is 15.7. The van der Waals surface area contributed by atoms with Crippen LogP contribution in [0.4, 0.5) is 0 Å². The van der Waals surface area contributed by atoms with Gasteiger partial charge in [0.25, 0.3) is 5.56 Å². The molecular weight excluding hydrogens is 380 g/mol. The quantitative estimate of drug-likeness (QED) is 0.514. The van der Waals surface area contributed by atoms with E-state index in [0.29, 0.717) is 0 Å². The molecule has 0 bridgehead atoms. The summed E-state index contributed by atoms with van der Waals surface area (Å²) in [4.78, 5) is 42.0. The number of H-pyrrole nitrogens is 2. The maximum absolute atomic E-state index is 12.5. The number of fused-ring (bicyclic) bond motifs is 1. The third-order valence-electron chi connectivity index (χ3n) is 4.45. The second-order valence-corrected chi connectivity index (χ2v) is 7.36. The maximum Gasteiger partial charge on any atom is 0.342 e. The molecule has 3 rings (SSSR count). The Bertz CT molecular complexity index is 1090. The average Bonchev–Trinajstić information content (AvgIpc) is 3.01. The lowest BCUT2D eigenvalue weighted by Gasteiger charge is -2.18. The molecule has 0 aliphatic heterocycles. The number of carbonyl (C=O) groups excluding carboxylic acids is 1. The number of rotatable bonds is 8. The molecule has 1 unspecified atom stereocenters. The molecular formula is C18H22N6O3S. The van der Waals surface area contributed by atoms with Crippen LogP contribution in [-0.2, 0) is 18.3 Å². The van der Waals surface area contributed by atoms with Crippen molar-refractivity contribution in [1.29, 1.82) is 0 Å². The molecule has 1 atom stereocenters. The minimum Gasteiger partial charge on any atom is -0.346 e. The maximum atomic E-state index is 12.5. The van der Waals surface area contributed by atoms with Gasteiger partial charge in [0.2, 0.25) is 5.91 Å². The lowest BCUT2D eigenvalue weighted by atomic mass is 10.1. The highest BCUT2D eigenvalue weighted by Gasteiger charge is 2.20. The summed E-state index contributed by atoms with van der Waals surface area (Å²) in [7, 11) is 1.94. The number of thioether (sulfide) groups is 1. The SMILES string of the molecule is CSCCC(NC(=O)CCc1n[nH]c(=O)[nH]c1=O)c1nc2ccccc2n1C. The number of benzene rings is 1. The van der Waals surface area contributed by atoms with Crippen LogP contribution < -0.4 is 16.6 Å². The number of aryl methyl sites for hydroxylation is 2. The third kappa shape index (κ3) is 4.50. The highest BCUT2D eigenvalue weighted by molar-refractivity contribution is 7.98. The van der Waals surface area contributed by atoms with E-state index in [-0.39, 0.29) is 30.5 Å². The Morgan fingerprint density at radius 2 is 2.11 bits per heavy atom. The Morgan fingerprint density at radius 3 is 2.82 bits per heavy atom. The minimum atomic E-state index is -0.669. The molecule has 2 aromatic heterocycles. The van der Waals surface area contributed by atoms with E-state index in [4.69, 9.17) is 4.98 Å². The van der Waals surface area contributed by atoms with E-state index in [1.807, 2.05) is 42.1 Å². The largest absolute Gasteiger partial charge is 0.346 e. The number of imidazole rings is 1. The molecule has 28 heavy (non-hydrogen) atoms. The molecule has 0 radical (unpaired) electrons. The average molecular weight is 402 g/mol. The molecule has 1 aromatic carbocycles. The Morgan fingerprint density at radius 1 is 1.32 bits per heavy atom. The van der Waals surface area contributed by atoms with Crippen LogP contribution in [0.2, 0.25) is 0 Å². The molecule has 2 heterocycles. The number of aromatic amines is 2. The molecule has 0 aliphatic carbocycles. The van der Waals surface area contributed by atoms with Crippen molar-refractivity contribution in [1.82, 2.24) is 30.0 Å². The van der Waals surface area contributed by atoms with Crippen molar-refractivity contribution in [2.75, 3.05) is 12.0 Å². The number of nitrogens with one attached hydrogen (secondary N) is 3. The minimum absolute atomic E-state index is 0.0852. The van der Waals surface area contributed by atoms with E-state index in [2.05, 4.69) is 20.5 Å². The van der Waals surface area contributed by atoms with Crippen molar-refractivity contribution in [2.45, 2.75) is 25.3 Å². The summed E-state index contributed by atoms with van der Waals surface area (Å²) in [6.45, 7) is 0. The number of amides is 1. The molecule has 10 heteroatoms. The Balaban J connectivity index is 1.74. The van der Waals surface area contributed by atoms with Crippen molar-refractivity contribution >= 4 is 28.7 Å². The lowest BCUT2D eigenvalue weighted by Crippen LogP contribution is -2.32. The molecule has 0 fully saturated rings. The Labute approximate surface area is 165 Å². The monoisotopic (exact) mass is 402 g/mol. The summed E-state index contributed by atoms with van der Waals surface area (Å²) in [5.74, 6) is 1.46. The number of aromatic nitrogens is 5. The van der Waals surface area contributed by atoms with Crippen LogP contribution in [0.3, 0.4) is 0 Å². The molecule has 148 valence electrons. The fourth-order valence-electron chi connectivity index (χ4n) is 3.02. The van der Waals surface area contributed by atoms with Crippen LogP contribution in [-0.4, -0.2) is 42.6 Å². The van der Waals surface area contributed by atoms with Crippen LogP contribution in [0, 0.1) is 0 Å². The van der Waals surface area contributed by atoms with Crippen LogP contribution in [0.5, 0.6) is 0 Å². The summed E-state index contributed by atoms with van der Waals surface area (Å²) in [6.07, 6.45) is 2.97. The molecule has 1 amide bonds. The van der Waals surface area contributed by atoms with Gasteiger partial charge < -0.3 is 9.88 Å². The predicted octanol–water partition coefficient (Wildman–Crippen LogP) is 0.888. The fourth-order valence-corrected chi connectivity index (χ4v) is 3.49. The Kier molecular flexibility index (Phi) is 6.30. The van der Waals surface area contributed by atoms with Gasteiger partial charge in [-0.1, -0.05) is 12.1 Å². The third-order valence-corrected chi connectivity index (χ3v) is 5.09. The predicted molar refractivity (Wildman–Crippen MR) is 108 cm³/mol. The molecule has 9 nitrogen and oxygen atoms in total. The number of carbonyl (C=O) groups is 1. The van der Waals surface area contributed by atoms with E-state index in [1.165, 1.54) is 0 Å². The van der Waals surface area contributed by atoms with Gasteiger partial charge in [-0.25, -0.2) is 14.9 Å². The van der Waals surface area contributed by atoms with Crippen molar-refractivity contribution in [3.05, 3.63) is 56.6 Å². The van der Waals surface area contributed by atoms with Crippen LogP contribution in [0.25, 0.3) is 11.0 Å². The molecule has 3 N–H and O–H groups in total. The van der Waals surface area contributed by atoms with Gasteiger partial charge in [0.1, 0.15) is 11.5 Å². The van der Waals surface area contributed by atoms with E-state index in [0.717, 1.165) is 29.0 Å². The summed E-state index contributed by atoms with van der Waals surface area (Å²) in [5, 5.41) is 8.89. The Hall–Kier alpha value is -2.88. The van der Waals surface area contributed by atoms with Gasteiger partial charge in [-0.15, -0.1) is 0 Å². The van der Waals surface area contributed by atoms with E-state index in [1.54, 1.807) is 11.8 Å². The van der Waals surface area contributed by atoms with Crippen LogP contribution in [0.15, 0.2) is 33.9 Å². The van der Waals surface area contributed by atoms with E-state index in [9.17, 15) is 14.4 Å². The second kappa shape index (κ2) is 8.87. The van der Waals surface area contributed by atoms with Crippen molar-refractivity contribution in [3.8, 4) is 0 Å². The van der Waals surface area contributed by atoms with Crippen molar-refractivity contribution in [3.63, 3.8) is 0 Å². The summed E-state index contributed by atoms with van der Waals surface area (Å²) < 4.78 is 1.99. The zero-order chi connectivity index (χ0) is 20.1. The number of hydrogen-bond acceptors (Lipinski definition) is 6. The lowest BCUT2D eigenvalue weighted by molar-refractivity contribution is -0.121. The van der Waals surface area contributed by atoms with Gasteiger partial charge >= 0.3 is 5.69 Å². The smallest absolute Gasteiger partial charge is 0.342 e. The first-order chi connectivity index (χ1) is 13.5. The van der Waals surface area contributed by atoms with Gasteiger partial charge in [-0.2, -0.15) is 16.9 Å². The zero-order valence-corrected chi connectivity index (χ0v) is 16.5. The summed E-state index contributed by atoms with van der Waals surface area (Å²) in [5.41, 5.74) is 0.762. The molecule has 0 spiro atoms. The van der Waals surface area contributed by atoms with E-state index < -0.39 is 11.2 Å². The van der Waals surface area contributed by atoms with Crippen LogP contribution >= 0.6 is 11.8 Å². The first-order valence-corrected chi connectivity index (χ1v) is 10.3. The molecule has 0 saturated carbocycles. The molecule has 3 aromatic rings. The number of hydrogen-bond donors (Lipinski definition) is 3. The molecule has 0 aliphatic rings. The van der Waals surface area contributed by atoms with Gasteiger partial charge in [-0.3, -0.25) is 14.6 Å². The number of nitrogens with zero attached hydrogens (tertiary/aromatic N) is 3.